The van der Waals surface area contributed by atoms with Crippen LogP contribution in [0.4, 0.5) is 5.82 Å². The van der Waals surface area contributed by atoms with E-state index in [9.17, 15) is 23.1 Å². The zero-order valence-electron chi connectivity index (χ0n) is 17.2. The fourth-order valence-electron chi connectivity index (χ4n) is 2.69. The number of hydrogen-bond acceptors (Lipinski definition) is 6. The van der Waals surface area contributed by atoms with Crippen molar-refractivity contribution in [3.63, 3.8) is 0 Å². The van der Waals surface area contributed by atoms with Crippen molar-refractivity contribution in [2.45, 2.75) is 10.9 Å². The Hall–Kier alpha value is -4.20. The number of nitrogens with two attached hydrogens (primary N) is 1. The number of nitrogen functional groups attached to an aromatic ring is 1. The molecule has 1 heterocycles. The minimum atomic E-state index is -4.06. The lowest BCUT2D eigenvalue weighted by molar-refractivity contribution is -0.138. The van der Waals surface area contributed by atoms with Crippen LogP contribution in [-0.4, -0.2) is 43.0 Å². The molecule has 33 heavy (non-hydrogen) atoms. The van der Waals surface area contributed by atoms with Crippen LogP contribution in [0.3, 0.4) is 0 Å². The quantitative estimate of drug-likeness (QED) is 0.384. The van der Waals surface area contributed by atoms with Gasteiger partial charge < -0.3 is 16.2 Å². The Kier molecular flexibility index (Phi) is 7.40. The molecule has 0 aliphatic rings. The van der Waals surface area contributed by atoms with Gasteiger partial charge in [0.25, 0.3) is 5.91 Å². The van der Waals surface area contributed by atoms with E-state index < -0.39 is 34.5 Å². The molecule has 168 valence electrons. The Labute approximate surface area is 190 Å². The summed E-state index contributed by atoms with van der Waals surface area (Å²) in [5.74, 6) is 4.15. The summed E-state index contributed by atoms with van der Waals surface area (Å²) in [6.45, 7) is -0.442. The summed E-state index contributed by atoms with van der Waals surface area (Å²) in [6.07, 6.45) is 0. The second-order valence-corrected chi connectivity index (χ2v) is 8.52. The number of nitrogens with zero attached hydrogens (tertiary/aromatic N) is 1. The van der Waals surface area contributed by atoms with Crippen molar-refractivity contribution in [1.29, 1.82) is 0 Å². The molecular formula is C23H20N4O5S. The average Bonchev–Trinajstić information content (AvgIpc) is 2.81. The van der Waals surface area contributed by atoms with Gasteiger partial charge in [-0.25, -0.2) is 13.4 Å². The van der Waals surface area contributed by atoms with E-state index in [1.165, 1.54) is 36.4 Å². The van der Waals surface area contributed by atoms with Crippen LogP contribution in [-0.2, 0) is 14.8 Å². The number of nitrogens with one attached hydrogen (secondary N) is 2. The topological polar surface area (TPSA) is 151 Å². The zero-order chi connectivity index (χ0) is 23.8. The van der Waals surface area contributed by atoms with Crippen LogP contribution < -0.4 is 15.8 Å². The summed E-state index contributed by atoms with van der Waals surface area (Å²) < 4.78 is 26.8. The van der Waals surface area contributed by atoms with Gasteiger partial charge in [-0.3, -0.25) is 9.59 Å². The third kappa shape index (κ3) is 6.64. The van der Waals surface area contributed by atoms with Crippen molar-refractivity contribution >= 4 is 27.7 Å². The molecule has 3 aromatic rings. The van der Waals surface area contributed by atoms with Crippen LogP contribution in [0.25, 0.3) is 0 Å². The second-order valence-electron chi connectivity index (χ2n) is 6.81. The van der Waals surface area contributed by atoms with Crippen molar-refractivity contribution < 1.29 is 23.1 Å². The first-order chi connectivity index (χ1) is 15.7. The van der Waals surface area contributed by atoms with E-state index in [4.69, 9.17) is 5.73 Å². The first kappa shape index (κ1) is 23.5. The molecule has 0 aliphatic heterocycles. The lowest BCUT2D eigenvalue weighted by Crippen LogP contribution is -2.48. The summed E-state index contributed by atoms with van der Waals surface area (Å²) in [5.41, 5.74) is 7.02. The van der Waals surface area contributed by atoms with Gasteiger partial charge >= 0.3 is 5.97 Å². The monoisotopic (exact) mass is 464 g/mol. The predicted molar refractivity (Wildman–Crippen MR) is 122 cm³/mol. The van der Waals surface area contributed by atoms with Crippen molar-refractivity contribution in [2.75, 3.05) is 12.3 Å². The maximum absolute atomic E-state index is 12.4. The van der Waals surface area contributed by atoms with Crippen LogP contribution in [0.2, 0.25) is 0 Å². The number of anilines is 1. The third-order valence-corrected chi connectivity index (χ3v) is 5.86. The predicted octanol–water partition coefficient (Wildman–Crippen LogP) is 1.23. The lowest BCUT2D eigenvalue weighted by atomic mass is 10.1. The summed E-state index contributed by atoms with van der Waals surface area (Å²) in [6, 6.07) is 17.2. The van der Waals surface area contributed by atoms with E-state index in [2.05, 4.69) is 26.9 Å². The molecule has 3 rings (SSSR count). The highest BCUT2D eigenvalue weighted by molar-refractivity contribution is 7.89. The van der Waals surface area contributed by atoms with Crippen molar-refractivity contribution in [3.05, 3.63) is 89.6 Å². The van der Waals surface area contributed by atoms with Gasteiger partial charge in [0.15, 0.2) is 0 Å². The minimum absolute atomic E-state index is 0.0762. The lowest BCUT2D eigenvalue weighted by Gasteiger charge is -2.15. The molecular weight excluding hydrogens is 444 g/mol. The fourth-order valence-corrected chi connectivity index (χ4v) is 3.90. The summed E-state index contributed by atoms with van der Waals surface area (Å²) in [4.78, 5) is 27.9. The van der Waals surface area contributed by atoms with Crippen LogP contribution in [0, 0.1) is 11.8 Å². The molecule has 0 radical (unpaired) electrons. The molecule has 9 nitrogen and oxygen atoms in total. The number of benzene rings is 2. The van der Waals surface area contributed by atoms with Crippen LogP contribution in [0.1, 0.15) is 21.6 Å². The molecule has 1 atom stereocenters. The van der Waals surface area contributed by atoms with E-state index in [1.54, 1.807) is 36.4 Å². The Bertz CT molecular complexity index is 1310. The molecule has 10 heteroatoms. The molecule has 2 aromatic carbocycles. The molecule has 1 amide bonds. The first-order valence-electron chi connectivity index (χ1n) is 9.67. The summed E-state index contributed by atoms with van der Waals surface area (Å²) in [5, 5.41) is 11.8. The first-order valence-corrected chi connectivity index (χ1v) is 11.2. The highest BCUT2D eigenvalue weighted by Gasteiger charge is 2.25. The maximum atomic E-state index is 12.4. The van der Waals surface area contributed by atoms with Crippen LogP contribution >= 0.6 is 0 Å². The molecule has 0 fully saturated rings. The SMILES string of the molecule is Nc1cccc(C#Cc2ccc(C(=O)NC[C@H](NS(=O)(=O)c3ccccc3)C(=O)O)cc2)n1. The normalized spacial score (nSPS) is 11.6. The Morgan fingerprint density at radius 1 is 0.970 bits per heavy atom. The molecule has 0 spiro atoms. The van der Waals surface area contributed by atoms with Gasteiger partial charge in [0.05, 0.1) is 4.90 Å². The maximum Gasteiger partial charge on any atom is 0.323 e. The molecule has 0 saturated carbocycles. The molecule has 5 N–H and O–H groups in total. The zero-order valence-corrected chi connectivity index (χ0v) is 18.0. The number of carbonyl (C=O) groups excluding carboxylic acids is 1. The van der Waals surface area contributed by atoms with Crippen LogP contribution in [0.15, 0.2) is 77.7 Å². The van der Waals surface area contributed by atoms with Gasteiger partial charge in [-0.05, 0) is 54.5 Å². The molecule has 0 bridgehead atoms. The molecule has 1 aromatic heterocycles. The van der Waals surface area contributed by atoms with Gasteiger partial charge in [0.2, 0.25) is 10.0 Å². The second kappa shape index (κ2) is 10.4. The number of carboxylic acid groups (broad SMARTS) is 1. The Morgan fingerprint density at radius 2 is 1.67 bits per heavy atom. The molecule has 0 aliphatic carbocycles. The summed E-state index contributed by atoms with van der Waals surface area (Å²) >= 11 is 0. The number of aliphatic carboxylic acids is 1. The fraction of sp³-hybridized carbons (Fsp3) is 0.0870. The average molecular weight is 465 g/mol. The highest BCUT2D eigenvalue weighted by Crippen LogP contribution is 2.09. The van der Waals surface area contributed by atoms with E-state index in [0.717, 1.165) is 0 Å². The Morgan fingerprint density at radius 3 is 2.30 bits per heavy atom. The van der Waals surface area contributed by atoms with Gasteiger partial charge in [-0.2, -0.15) is 4.72 Å². The van der Waals surface area contributed by atoms with E-state index in [1.807, 2.05) is 0 Å². The number of carboxylic acids is 1. The van der Waals surface area contributed by atoms with Crippen molar-refractivity contribution in [2.24, 2.45) is 0 Å². The number of aromatic nitrogens is 1. The number of pyridine rings is 1. The van der Waals surface area contributed by atoms with Gasteiger partial charge in [-0.1, -0.05) is 30.2 Å². The molecule has 0 saturated heterocycles. The van der Waals surface area contributed by atoms with E-state index >= 15 is 0 Å². The molecule has 0 unspecified atom stereocenters. The standard InChI is InChI=1S/C23H20N4O5S/c24-21-8-4-5-18(26-21)14-11-16-9-12-17(13-10-16)22(28)25-15-20(23(29)30)27-33(31,32)19-6-2-1-3-7-19/h1-10,12-13,20,27H,15H2,(H2,24,26)(H,25,28)(H,29,30)/t20-/m0/s1. The van der Waals surface area contributed by atoms with E-state index in [-0.39, 0.29) is 10.5 Å². The van der Waals surface area contributed by atoms with Crippen molar-refractivity contribution in [3.8, 4) is 11.8 Å². The van der Waals surface area contributed by atoms with Crippen molar-refractivity contribution in [1.82, 2.24) is 15.0 Å². The van der Waals surface area contributed by atoms with E-state index in [0.29, 0.717) is 17.1 Å². The van der Waals surface area contributed by atoms with Gasteiger partial charge in [0, 0.05) is 17.7 Å². The largest absolute Gasteiger partial charge is 0.480 e. The number of carbonyl (C=O) groups is 2. The number of sulfonamides is 1. The van der Waals surface area contributed by atoms with Gasteiger partial charge in [-0.15, -0.1) is 0 Å². The third-order valence-electron chi connectivity index (χ3n) is 4.37. The minimum Gasteiger partial charge on any atom is -0.480 e. The number of hydrogen-bond donors (Lipinski definition) is 4. The highest BCUT2D eigenvalue weighted by atomic mass is 32.2. The number of amides is 1. The van der Waals surface area contributed by atoms with Gasteiger partial charge in [0.1, 0.15) is 17.6 Å². The summed E-state index contributed by atoms with van der Waals surface area (Å²) in [7, 11) is -4.06. The Balaban J connectivity index is 1.62. The number of rotatable bonds is 7. The van der Waals surface area contributed by atoms with Crippen LogP contribution in [0.5, 0.6) is 0 Å². The smallest absolute Gasteiger partial charge is 0.323 e.